The molecule has 1 aliphatic carbocycles. The van der Waals surface area contributed by atoms with E-state index in [1.54, 1.807) is 0 Å². The van der Waals surface area contributed by atoms with Gasteiger partial charge in [-0.05, 0) is 53.5 Å². The van der Waals surface area contributed by atoms with Gasteiger partial charge in [0.15, 0.2) is 0 Å². The van der Waals surface area contributed by atoms with E-state index in [1.165, 1.54) is 16.0 Å². The molecule has 108 valence electrons. The monoisotopic (exact) mass is 317 g/mol. The minimum atomic E-state index is 0.156. The lowest BCUT2D eigenvalue weighted by molar-refractivity contribution is -0.133. The summed E-state index contributed by atoms with van der Waals surface area (Å²) in [6.07, 6.45) is 1.97. The minimum Gasteiger partial charge on any atom is -0.338 e. The van der Waals surface area contributed by atoms with Crippen LogP contribution >= 0.6 is 22.9 Å². The Labute approximate surface area is 133 Å². The first kappa shape index (κ1) is 13.4. The number of hydrogen-bond donors (Lipinski definition) is 0. The van der Waals surface area contributed by atoms with Gasteiger partial charge in [-0.25, -0.2) is 0 Å². The molecule has 1 fully saturated rings. The van der Waals surface area contributed by atoms with Crippen LogP contribution in [-0.2, 0) is 17.8 Å². The van der Waals surface area contributed by atoms with Crippen molar-refractivity contribution in [1.29, 1.82) is 0 Å². The smallest absolute Gasteiger partial charge is 0.226 e. The molecule has 0 bridgehead atoms. The molecule has 1 aromatic heterocycles. The fourth-order valence-corrected chi connectivity index (χ4v) is 4.33. The Morgan fingerprint density at radius 1 is 1.33 bits per heavy atom. The van der Waals surface area contributed by atoms with Crippen molar-refractivity contribution < 1.29 is 4.79 Å². The Morgan fingerprint density at radius 2 is 2.24 bits per heavy atom. The maximum atomic E-state index is 12.7. The topological polar surface area (TPSA) is 20.3 Å². The number of thiophene rings is 1. The lowest BCUT2D eigenvalue weighted by atomic mass is 10.1. The second-order valence-corrected chi connectivity index (χ2v) is 7.32. The largest absolute Gasteiger partial charge is 0.338 e. The van der Waals surface area contributed by atoms with E-state index in [1.807, 2.05) is 34.4 Å². The van der Waals surface area contributed by atoms with Crippen LogP contribution in [0.25, 0.3) is 0 Å². The average Bonchev–Trinajstić information content (AvgIpc) is 3.16. The van der Waals surface area contributed by atoms with Crippen LogP contribution in [0.15, 0.2) is 35.7 Å². The zero-order valence-electron chi connectivity index (χ0n) is 11.6. The molecule has 0 radical (unpaired) electrons. The third-order valence-corrected chi connectivity index (χ3v) is 5.76. The Bertz CT molecular complexity index is 696. The van der Waals surface area contributed by atoms with Gasteiger partial charge < -0.3 is 4.90 Å². The van der Waals surface area contributed by atoms with E-state index in [-0.39, 0.29) is 5.92 Å². The van der Waals surface area contributed by atoms with Crippen molar-refractivity contribution in [2.24, 2.45) is 5.92 Å². The van der Waals surface area contributed by atoms with E-state index in [9.17, 15) is 4.79 Å². The lowest BCUT2D eigenvalue weighted by Crippen LogP contribution is -2.36. The summed E-state index contributed by atoms with van der Waals surface area (Å²) in [5.41, 5.74) is 2.54. The van der Waals surface area contributed by atoms with Crippen LogP contribution in [0.2, 0.25) is 5.02 Å². The summed E-state index contributed by atoms with van der Waals surface area (Å²) < 4.78 is 0. The van der Waals surface area contributed by atoms with Crippen LogP contribution in [-0.4, -0.2) is 17.4 Å². The molecule has 2 aliphatic rings. The molecular weight excluding hydrogens is 302 g/mol. The van der Waals surface area contributed by atoms with Gasteiger partial charge in [0.2, 0.25) is 5.91 Å². The first-order chi connectivity index (χ1) is 10.2. The van der Waals surface area contributed by atoms with Gasteiger partial charge >= 0.3 is 0 Å². The minimum absolute atomic E-state index is 0.156. The molecule has 2 aromatic rings. The summed E-state index contributed by atoms with van der Waals surface area (Å²) in [6.45, 7) is 1.65. The van der Waals surface area contributed by atoms with Crippen molar-refractivity contribution in [3.63, 3.8) is 0 Å². The molecule has 0 saturated heterocycles. The van der Waals surface area contributed by atoms with Gasteiger partial charge in [-0.1, -0.05) is 23.7 Å². The second-order valence-electron chi connectivity index (χ2n) is 5.88. The summed E-state index contributed by atoms with van der Waals surface area (Å²) >= 11 is 7.85. The van der Waals surface area contributed by atoms with Gasteiger partial charge in [0, 0.05) is 28.9 Å². The number of benzene rings is 1. The van der Waals surface area contributed by atoms with Crippen molar-refractivity contribution in [2.45, 2.75) is 25.3 Å². The number of rotatable bonds is 2. The van der Waals surface area contributed by atoms with Crippen molar-refractivity contribution in [3.8, 4) is 0 Å². The normalized spacial score (nSPS) is 23.8. The molecule has 1 aliphatic heterocycles. The van der Waals surface area contributed by atoms with Gasteiger partial charge in [-0.2, -0.15) is 0 Å². The number of fused-ring (bicyclic) bond motifs is 1. The van der Waals surface area contributed by atoms with E-state index < -0.39 is 0 Å². The SMILES string of the molecule is O=C([C@@H]1C[C@H]1c1cccc(Cl)c1)N1CCc2sccc2C1. The summed E-state index contributed by atoms with van der Waals surface area (Å²) in [6, 6.07) is 10.1. The van der Waals surface area contributed by atoms with E-state index in [0.29, 0.717) is 11.8 Å². The quantitative estimate of drug-likeness (QED) is 0.817. The Morgan fingerprint density at radius 3 is 3.10 bits per heavy atom. The maximum Gasteiger partial charge on any atom is 0.226 e. The molecule has 1 amide bonds. The molecule has 1 aromatic carbocycles. The van der Waals surface area contributed by atoms with E-state index in [2.05, 4.69) is 17.5 Å². The highest BCUT2D eigenvalue weighted by Crippen LogP contribution is 2.49. The van der Waals surface area contributed by atoms with Gasteiger partial charge in [-0.15, -0.1) is 11.3 Å². The fourth-order valence-electron chi connectivity index (χ4n) is 3.24. The lowest BCUT2D eigenvalue weighted by Gasteiger charge is -2.27. The van der Waals surface area contributed by atoms with Crippen molar-refractivity contribution in [1.82, 2.24) is 4.90 Å². The van der Waals surface area contributed by atoms with Crippen LogP contribution in [0.5, 0.6) is 0 Å². The van der Waals surface area contributed by atoms with Crippen molar-refractivity contribution in [3.05, 3.63) is 56.7 Å². The van der Waals surface area contributed by atoms with E-state index in [4.69, 9.17) is 11.6 Å². The number of amides is 1. The predicted molar refractivity (Wildman–Crippen MR) is 85.7 cm³/mol. The molecule has 0 unspecified atom stereocenters. The first-order valence-electron chi connectivity index (χ1n) is 7.32. The van der Waals surface area contributed by atoms with Crippen molar-refractivity contribution in [2.75, 3.05) is 6.54 Å². The highest BCUT2D eigenvalue weighted by atomic mass is 35.5. The molecule has 0 spiro atoms. The fraction of sp³-hybridized carbons (Fsp3) is 0.353. The first-order valence-corrected chi connectivity index (χ1v) is 8.57. The zero-order chi connectivity index (χ0) is 14.4. The standard InChI is InChI=1S/C17H16ClNOS/c18-13-3-1-2-11(8-13)14-9-15(14)17(20)19-6-4-16-12(10-19)5-7-21-16/h1-3,5,7-8,14-15H,4,6,9-10H2/t14-,15+/m0/s1. The summed E-state index contributed by atoms with van der Waals surface area (Å²) in [5.74, 6) is 0.834. The molecule has 21 heavy (non-hydrogen) atoms. The molecule has 4 heteroatoms. The second kappa shape index (κ2) is 5.15. The Hall–Kier alpha value is -1.32. The van der Waals surface area contributed by atoms with Crippen LogP contribution in [0.4, 0.5) is 0 Å². The van der Waals surface area contributed by atoms with Gasteiger partial charge in [0.25, 0.3) is 0 Å². The molecule has 1 saturated carbocycles. The zero-order valence-corrected chi connectivity index (χ0v) is 13.2. The van der Waals surface area contributed by atoms with Gasteiger partial charge in [0.05, 0.1) is 0 Å². The Kier molecular flexibility index (Phi) is 3.27. The average molecular weight is 318 g/mol. The van der Waals surface area contributed by atoms with Gasteiger partial charge in [-0.3, -0.25) is 4.79 Å². The number of carbonyl (C=O) groups excluding carboxylic acids is 1. The third-order valence-electron chi connectivity index (χ3n) is 4.50. The number of nitrogens with zero attached hydrogens (tertiary/aromatic N) is 1. The number of carbonyl (C=O) groups is 1. The highest BCUT2D eigenvalue weighted by molar-refractivity contribution is 7.10. The van der Waals surface area contributed by atoms with Crippen LogP contribution < -0.4 is 0 Å². The highest BCUT2D eigenvalue weighted by Gasteiger charge is 2.46. The number of hydrogen-bond acceptors (Lipinski definition) is 2. The third kappa shape index (κ3) is 2.49. The summed E-state index contributed by atoms with van der Waals surface area (Å²) in [4.78, 5) is 16.1. The van der Waals surface area contributed by atoms with Crippen LogP contribution in [0, 0.1) is 5.92 Å². The molecule has 2 heterocycles. The van der Waals surface area contributed by atoms with Crippen LogP contribution in [0.1, 0.15) is 28.3 Å². The van der Waals surface area contributed by atoms with E-state index in [0.717, 1.165) is 31.0 Å². The molecule has 4 rings (SSSR count). The van der Waals surface area contributed by atoms with E-state index >= 15 is 0 Å². The van der Waals surface area contributed by atoms with Crippen LogP contribution in [0.3, 0.4) is 0 Å². The summed E-state index contributed by atoms with van der Waals surface area (Å²) in [7, 11) is 0. The van der Waals surface area contributed by atoms with Crippen molar-refractivity contribution >= 4 is 28.8 Å². The van der Waals surface area contributed by atoms with Gasteiger partial charge in [0.1, 0.15) is 0 Å². The Balaban J connectivity index is 1.46. The molecule has 0 N–H and O–H groups in total. The number of halogens is 1. The molecule has 2 atom stereocenters. The maximum absolute atomic E-state index is 12.7. The summed E-state index contributed by atoms with van der Waals surface area (Å²) in [5, 5.41) is 2.89. The molecule has 2 nitrogen and oxygen atoms in total. The predicted octanol–water partition coefficient (Wildman–Crippen LogP) is 4.09. The molecular formula is C17H16ClNOS.